The Kier molecular flexibility index (Phi) is 2.89. The normalized spacial score (nSPS) is 11.4. The Balaban J connectivity index is 2.27. The van der Waals surface area contributed by atoms with Crippen LogP contribution in [0.5, 0.6) is 5.75 Å². The molecule has 0 fully saturated rings. The zero-order valence-electron chi connectivity index (χ0n) is 11.5. The number of hydrogen-bond acceptors (Lipinski definition) is 3. The molecular weight excluding hydrogens is 321 g/mol. The molecule has 0 amide bonds. The van der Waals surface area contributed by atoms with Gasteiger partial charge in [-0.05, 0) is 18.2 Å². The minimum Gasteiger partial charge on any atom is -0.506 e. The second-order valence-corrected chi connectivity index (χ2v) is 5.44. The summed E-state index contributed by atoms with van der Waals surface area (Å²) >= 11 is 6.08. The lowest BCUT2D eigenvalue weighted by molar-refractivity contribution is 0.479. The van der Waals surface area contributed by atoms with Crippen molar-refractivity contribution in [2.24, 2.45) is 0 Å². The van der Waals surface area contributed by atoms with Gasteiger partial charge in [0.15, 0.2) is 0 Å². The van der Waals surface area contributed by atoms with Crippen LogP contribution < -0.4 is 5.56 Å². The average Bonchev–Trinajstić information content (AvgIpc) is 2.97. The number of phenols is 1. The molecule has 0 aliphatic carbocycles. The molecule has 0 bridgehead atoms. The zero-order chi connectivity index (χ0) is 16.1. The topological polar surface area (TPSA) is 70.9 Å². The summed E-state index contributed by atoms with van der Waals surface area (Å²) in [4.78, 5) is 19.4. The third kappa shape index (κ3) is 1.92. The van der Waals surface area contributed by atoms with Crippen molar-refractivity contribution in [3.63, 3.8) is 0 Å². The van der Waals surface area contributed by atoms with E-state index in [-0.39, 0.29) is 22.0 Å². The van der Waals surface area contributed by atoms with E-state index in [9.17, 15) is 14.3 Å². The van der Waals surface area contributed by atoms with Crippen molar-refractivity contribution in [2.45, 2.75) is 0 Å². The number of rotatable bonds is 1. The van der Waals surface area contributed by atoms with E-state index in [1.165, 1.54) is 36.7 Å². The average molecular weight is 330 g/mol. The van der Waals surface area contributed by atoms with Crippen LogP contribution in [0.1, 0.15) is 0 Å². The predicted molar refractivity (Wildman–Crippen MR) is 85.8 cm³/mol. The highest BCUT2D eigenvalue weighted by atomic mass is 35.5. The van der Waals surface area contributed by atoms with Gasteiger partial charge >= 0.3 is 0 Å². The number of pyridine rings is 1. The number of H-pyrrole nitrogens is 1. The summed E-state index contributed by atoms with van der Waals surface area (Å²) in [6.45, 7) is 0. The van der Waals surface area contributed by atoms with Crippen molar-refractivity contribution < 1.29 is 9.50 Å². The van der Waals surface area contributed by atoms with Gasteiger partial charge in [0, 0.05) is 17.5 Å². The SMILES string of the molecule is O=c1ccc2c3nc[nH]c3cc(O)c2n1-c1c(F)cccc1Cl. The van der Waals surface area contributed by atoms with Crippen molar-refractivity contribution >= 4 is 33.5 Å². The molecule has 114 valence electrons. The molecule has 0 saturated carbocycles. The monoisotopic (exact) mass is 329 g/mol. The summed E-state index contributed by atoms with van der Waals surface area (Å²) < 4.78 is 15.3. The highest BCUT2D eigenvalue weighted by molar-refractivity contribution is 6.32. The minimum atomic E-state index is -0.659. The molecule has 5 nitrogen and oxygen atoms in total. The highest BCUT2D eigenvalue weighted by Gasteiger charge is 2.18. The number of imidazole rings is 1. The molecule has 0 radical (unpaired) electrons. The van der Waals surface area contributed by atoms with E-state index >= 15 is 0 Å². The zero-order valence-corrected chi connectivity index (χ0v) is 12.3. The summed E-state index contributed by atoms with van der Waals surface area (Å²) in [7, 11) is 0. The first-order chi connectivity index (χ1) is 11.1. The number of benzene rings is 2. The smallest absolute Gasteiger partial charge is 0.255 e. The molecule has 4 rings (SSSR count). The number of fused-ring (bicyclic) bond motifs is 3. The van der Waals surface area contributed by atoms with Crippen LogP contribution in [-0.4, -0.2) is 19.6 Å². The van der Waals surface area contributed by atoms with Gasteiger partial charge in [-0.3, -0.25) is 9.36 Å². The van der Waals surface area contributed by atoms with Crippen molar-refractivity contribution in [1.82, 2.24) is 14.5 Å². The van der Waals surface area contributed by atoms with Crippen molar-refractivity contribution in [1.29, 1.82) is 0 Å². The Morgan fingerprint density at radius 1 is 1.26 bits per heavy atom. The number of aromatic hydroxyl groups is 1. The molecule has 2 heterocycles. The van der Waals surface area contributed by atoms with E-state index in [0.717, 1.165) is 4.57 Å². The van der Waals surface area contributed by atoms with Crippen LogP contribution in [0.4, 0.5) is 4.39 Å². The third-order valence-electron chi connectivity index (χ3n) is 3.70. The fourth-order valence-electron chi connectivity index (χ4n) is 2.74. The number of aromatic nitrogens is 3. The quantitative estimate of drug-likeness (QED) is 0.562. The van der Waals surface area contributed by atoms with Crippen LogP contribution in [0, 0.1) is 5.82 Å². The van der Waals surface area contributed by atoms with Gasteiger partial charge in [0.25, 0.3) is 5.56 Å². The van der Waals surface area contributed by atoms with Gasteiger partial charge in [-0.15, -0.1) is 0 Å². The van der Waals surface area contributed by atoms with Crippen molar-refractivity contribution in [2.75, 3.05) is 0 Å². The maximum Gasteiger partial charge on any atom is 0.255 e. The molecule has 2 N–H and O–H groups in total. The van der Waals surface area contributed by atoms with Crippen LogP contribution in [0.3, 0.4) is 0 Å². The van der Waals surface area contributed by atoms with Gasteiger partial charge in [-0.2, -0.15) is 0 Å². The third-order valence-corrected chi connectivity index (χ3v) is 4.01. The van der Waals surface area contributed by atoms with Gasteiger partial charge in [0.1, 0.15) is 22.8 Å². The second-order valence-electron chi connectivity index (χ2n) is 5.03. The summed E-state index contributed by atoms with van der Waals surface area (Å²) in [5.74, 6) is -0.831. The molecule has 0 aliphatic rings. The van der Waals surface area contributed by atoms with Gasteiger partial charge in [-0.25, -0.2) is 9.37 Å². The van der Waals surface area contributed by atoms with Crippen LogP contribution >= 0.6 is 11.6 Å². The van der Waals surface area contributed by atoms with Crippen LogP contribution in [0.15, 0.2) is 47.5 Å². The molecule has 7 heteroatoms. The molecule has 0 saturated heterocycles. The van der Waals surface area contributed by atoms with E-state index in [2.05, 4.69) is 9.97 Å². The minimum absolute atomic E-state index is 0.0705. The van der Waals surface area contributed by atoms with Gasteiger partial charge in [0.2, 0.25) is 0 Å². The van der Waals surface area contributed by atoms with Crippen molar-refractivity contribution in [3.8, 4) is 11.4 Å². The first kappa shape index (κ1) is 13.8. The molecule has 2 aromatic heterocycles. The van der Waals surface area contributed by atoms with E-state index < -0.39 is 11.4 Å². The number of phenolic OH excluding ortho intramolecular Hbond substituents is 1. The number of halogens is 2. The summed E-state index contributed by atoms with van der Waals surface area (Å²) in [6, 6.07) is 8.41. The van der Waals surface area contributed by atoms with Crippen LogP contribution in [0.25, 0.3) is 27.6 Å². The Morgan fingerprint density at radius 2 is 2.09 bits per heavy atom. The lowest BCUT2D eigenvalue weighted by atomic mass is 10.1. The molecule has 4 aromatic rings. The van der Waals surface area contributed by atoms with E-state index in [4.69, 9.17) is 11.6 Å². The Hall–Kier alpha value is -2.86. The fraction of sp³-hybridized carbons (Fsp3) is 0. The van der Waals surface area contributed by atoms with E-state index in [1.54, 1.807) is 6.07 Å². The summed E-state index contributed by atoms with van der Waals surface area (Å²) in [6.07, 6.45) is 1.48. The number of para-hydroxylation sites is 1. The standard InChI is InChI=1S/C16H9ClFN3O2/c17-9-2-1-3-10(18)16(9)21-13(23)5-4-8-14-11(19-7-20-14)6-12(22)15(8)21/h1-7,22H,(H,19,20). The van der Waals surface area contributed by atoms with Gasteiger partial charge in [0.05, 0.1) is 22.4 Å². The van der Waals surface area contributed by atoms with Crippen LogP contribution in [0.2, 0.25) is 5.02 Å². The lowest BCUT2D eigenvalue weighted by Crippen LogP contribution is -2.19. The van der Waals surface area contributed by atoms with Crippen LogP contribution in [-0.2, 0) is 0 Å². The lowest BCUT2D eigenvalue weighted by Gasteiger charge is -2.14. The molecular formula is C16H9ClFN3O2. The largest absolute Gasteiger partial charge is 0.506 e. The van der Waals surface area contributed by atoms with E-state index in [1.807, 2.05) is 0 Å². The molecule has 23 heavy (non-hydrogen) atoms. The first-order valence-electron chi connectivity index (χ1n) is 6.73. The Morgan fingerprint density at radius 3 is 2.87 bits per heavy atom. The summed E-state index contributed by atoms with van der Waals surface area (Å²) in [5.41, 5.74) is 0.729. The molecule has 0 atom stereocenters. The molecule has 0 unspecified atom stereocenters. The van der Waals surface area contributed by atoms with Crippen molar-refractivity contribution in [3.05, 3.63) is 63.9 Å². The molecule has 2 aromatic carbocycles. The van der Waals surface area contributed by atoms with Gasteiger partial charge < -0.3 is 10.1 Å². The second kappa shape index (κ2) is 4.82. The number of nitrogens with one attached hydrogen (secondary N) is 1. The fourth-order valence-corrected chi connectivity index (χ4v) is 2.99. The summed E-state index contributed by atoms with van der Waals surface area (Å²) in [5, 5.41) is 10.9. The molecule has 0 spiro atoms. The maximum absolute atomic E-state index is 14.3. The predicted octanol–water partition coefficient (Wildman–Crippen LogP) is 3.37. The number of aromatic amines is 1. The van der Waals surface area contributed by atoms with E-state index in [0.29, 0.717) is 16.4 Å². The number of hydrogen-bond donors (Lipinski definition) is 2. The molecule has 0 aliphatic heterocycles. The Bertz CT molecular complexity index is 1110. The maximum atomic E-state index is 14.3. The Labute approximate surface area is 133 Å². The number of nitrogens with zero attached hydrogens (tertiary/aromatic N) is 2. The van der Waals surface area contributed by atoms with Gasteiger partial charge in [-0.1, -0.05) is 17.7 Å². The first-order valence-corrected chi connectivity index (χ1v) is 7.11. The highest BCUT2D eigenvalue weighted by Crippen LogP contribution is 2.33.